The summed E-state index contributed by atoms with van der Waals surface area (Å²) >= 11 is 1.28. The molecule has 0 atom stereocenters. The lowest BCUT2D eigenvalue weighted by atomic mass is 10.2. The third kappa shape index (κ3) is 6.07. The van der Waals surface area contributed by atoms with Gasteiger partial charge in [0.25, 0.3) is 5.91 Å². The lowest BCUT2D eigenvalue weighted by Gasteiger charge is -2.11. The average Bonchev–Trinajstić information content (AvgIpc) is 3.33. The molecule has 35 heavy (non-hydrogen) atoms. The maximum atomic E-state index is 12.5. The fourth-order valence-corrected chi connectivity index (χ4v) is 4.08. The Morgan fingerprint density at radius 2 is 1.77 bits per heavy atom. The Hall–Kier alpha value is -4.11. The quantitative estimate of drug-likeness (QED) is 0.200. The van der Waals surface area contributed by atoms with E-state index in [4.69, 9.17) is 9.47 Å². The highest BCUT2D eigenvalue weighted by Gasteiger charge is 2.17. The molecule has 1 aromatic heterocycles. The number of benzene rings is 3. The molecular formula is C26H25N5O3S. The molecule has 3 aromatic carbocycles. The van der Waals surface area contributed by atoms with E-state index in [1.807, 2.05) is 90.4 Å². The first kappa shape index (κ1) is 24.0. The molecule has 1 heterocycles. The van der Waals surface area contributed by atoms with Gasteiger partial charge in [0.1, 0.15) is 11.5 Å². The van der Waals surface area contributed by atoms with Crippen molar-refractivity contribution in [2.24, 2.45) is 5.10 Å². The molecule has 0 radical (unpaired) electrons. The number of para-hydroxylation sites is 1. The van der Waals surface area contributed by atoms with Gasteiger partial charge in [-0.2, -0.15) is 5.10 Å². The fraction of sp³-hybridized carbons (Fsp3) is 0.154. The highest BCUT2D eigenvalue weighted by atomic mass is 32.2. The molecular weight excluding hydrogens is 462 g/mol. The zero-order chi connectivity index (χ0) is 24.5. The van der Waals surface area contributed by atoms with Crippen molar-refractivity contribution in [2.75, 3.05) is 19.5 Å². The number of hydrogen-bond acceptors (Lipinski definition) is 7. The maximum Gasteiger partial charge on any atom is 0.250 e. The predicted molar refractivity (Wildman–Crippen MR) is 137 cm³/mol. The Bertz CT molecular complexity index is 1290. The van der Waals surface area contributed by atoms with E-state index in [2.05, 4.69) is 20.7 Å². The van der Waals surface area contributed by atoms with E-state index in [0.29, 0.717) is 23.3 Å². The summed E-state index contributed by atoms with van der Waals surface area (Å²) < 4.78 is 12.8. The number of ether oxygens (including phenoxy) is 2. The van der Waals surface area contributed by atoms with Crippen LogP contribution in [0.15, 0.2) is 89.1 Å². The van der Waals surface area contributed by atoms with Crippen LogP contribution in [-0.4, -0.2) is 46.4 Å². The average molecular weight is 488 g/mol. The second-order valence-electron chi connectivity index (χ2n) is 7.26. The Morgan fingerprint density at radius 1 is 1.03 bits per heavy atom. The third-order valence-corrected chi connectivity index (χ3v) is 5.86. The van der Waals surface area contributed by atoms with Crippen LogP contribution in [0.3, 0.4) is 0 Å². The number of carbonyl (C=O) groups is 1. The van der Waals surface area contributed by atoms with Crippen LogP contribution in [0.2, 0.25) is 0 Å². The Morgan fingerprint density at radius 3 is 2.51 bits per heavy atom. The Kier molecular flexibility index (Phi) is 8.13. The van der Waals surface area contributed by atoms with Crippen molar-refractivity contribution in [3.8, 4) is 28.6 Å². The molecule has 178 valence electrons. The lowest BCUT2D eigenvalue weighted by Crippen LogP contribution is -2.20. The molecule has 0 saturated carbocycles. The van der Waals surface area contributed by atoms with Gasteiger partial charge in [0.2, 0.25) is 0 Å². The minimum Gasteiger partial charge on any atom is -0.496 e. The summed E-state index contributed by atoms with van der Waals surface area (Å²) in [6.45, 7) is 2.54. The number of hydrogen-bond donors (Lipinski definition) is 1. The van der Waals surface area contributed by atoms with Gasteiger partial charge in [0.15, 0.2) is 11.0 Å². The monoisotopic (exact) mass is 487 g/mol. The van der Waals surface area contributed by atoms with Crippen LogP contribution in [0.25, 0.3) is 17.1 Å². The molecule has 8 nitrogen and oxygen atoms in total. The van der Waals surface area contributed by atoms with Crippen molar-refractivity contribution in [1.82, 2.24) is 20.2 Å². The highest BCUT2D eigenvalue weighted by molar-refractivity contribution is 7.99. The van der Waals surface area contributed by atoms with Crippen LogP contribution in [0.5, 0.6) is 11.5 Å². The van der Waals surface area contributed by atoms with Gasteiger partial charge in [-0.3, -0.25) is 9.36 Å². The number of nitrogens with zero attached hydrogens (tertiary/aromatic N) is 4. The molecule has 0 fully saturated rings. The van der Waals surface area contributed by atoms with Gasteiger partial charge in [0, 0.05) is 16.8 Å². The summed E-state index contributed by atoms with van der Waals surface area (Å²) in [4.78, 5) is 12.5. The van der Waals surface area contributed by atoms with Gasteiger partial charge < -0.3 is 9.47 Å². The molecule has 0 unspecified atom stereocenters. The molecule has 0 saturated heterocycles. The van der Waals surface area contributed by atoms with Crippen molar-refractivity contribution < 1.29 is 14.3 Å². The van der Waals surface area contributed by atoms with Crippen molar-refractivity contribution in [3.05, 3.63) is 84.4 Å². The van der Waals surface area contributed by atoms with Gasteiger partial charge in [-0.15, -0.1) is 10.2 Å². The van der Waals surface area contributed by atoms with Crippen LogP contribution in [0.1, 0.15) is 12.5 Å². The SMILES string of the molecule is CCOc1ccc(-n2c(SCC(=O)N/N=C/c3ccccc3OC)nnc2-c2ccccc2)cc1. The topological polar surface area (TPSA) is 90.6 Å². The molecule has 0 bridgehead atoms. The second kappa shape index (κ2) is 11.8. The first-order valence-corrected chi connectivity index (χ1v) is 12.0. The molecule has 0 aliphatic heterocycles. The summed E-state index contributed by atoms with van der Waals surface area (Å²) in [6, 6.07) is 24.9. The van der Waals surface area contributed by atoms with Gasteiger partial charge >= 0.3 is 0 Å². The number of amides is 1. The molecule has 4 rings (SSSR count). The zero-order valence-electron chi connectivity index (χ0n) is 19.4. The number of rotatable bonds is 10. The Balaban J connectivity index is 1.50. The van der Waals surface area contributed by atoms with E-state index in [0.717, 1.165) is 22.6 Å². The van der Waals surface area contributed by atoms with Gasteiger partial charge in [-0.05, 0) is 43.3 Å². The largest absolute Gasteiger partial charge is 0.496 e. The first-order valence-electron chi connectivity index (χ1n) is 11.0. The van der Waals surface area contributed by atoms with Crippen molar-refractivity contribution in [2.45, 2.75) is 12.1 Å². The fourth-order valence-electron chi connectivity index (χ4n) is 3.34. The minimum absolute atomic E-state index is 0.118. The van der Waals surface area contributed by atoms with Crippen LogP contribution in [-0.2, 0) is 4.79 Å². The maximum absolute atomic E-state index is 12.5. The van der Waals surface area contributed by atoms with Crippen molar-refractivity contribution in [3.63, 3.8) is 0 Å². The number of thioether (sulfide) groups is 1. The molecule has 1 amide bonds. The van der Waals surface area contributed by atoms with Gasteiger partial charge in [0.05, 0.1) is 25.7 Å². The summed E-state index contributed by atoms with van der Waals surface area (Å²) in [5.74, 6) is 2.01. The minimum atomic E-state index is -0.261. The standard InChI is InChI=1S/C26H25N5O3S/c1-3-34-22-15-13-21(14-16-22)31-25(19-9-5-4-6-10-19)29-30-26(31)35-18-24(32)28-27-17-20-11-7-8-12-23(20)33-2/h4-17H,3,18H2,1-2H3,(H,28,32)/b27-17+. The van der Waals surface area contributed by atoms with Gasteiger partial charge in [-0.1, -0.05) is 54.2 Å². The zero-order valence-corrected chi connectivity index (χ0v) is 20.2. The molecule has 0 spiro atoms. The smallest absolute Gasteiger partial charge is 0.250 e. The lowest BCUT2D eigenvalue weighted by molar-refractivity contribution is -0.118. The van der Waals surface area contributed by atoms with Crippen LogP contribution in [0.4, 0.5) is 0 Å². The van der Waals surface area contributed by atoms with Gasteiger partial charge in [-0.25, -0.2) is 5.43 Å². The summed E-state index contributed by atoms with van der Waals surface area (Å²) in [5, 5.41) is 13.4. The van der Waals surface area contributed by atoms with Crippen molar-refractivity contribution >= 4 is 23.9 Å². The van der Waals surface area contributed by atoms with Crippen LogP contribution in [0, 0.1) is 0 Å². The molecule has 1 N–H and O–H groups in total. The number of hydrazone groups is 1. The third-order valence-electron chi connectivity index (χ3n) is 4.94. The van der Waals surface area contributed by atoms with E-state index in [1.54, 1.807) is 13.3 Å². The van der Waals surface area contributed by atoms with E-state index < -0.39 is 0 Å². The van der Waals surface area contributed by atoms with Crippen LogP contribution >= 0.6 is 11.8 Å². The number of carbonyl (C=O) groups excluding carboxylic acids is 1. The molecule has 0 aliphatic rings. The molecule has 4 aromatic rings. The van der Waals surface area contributed by atoms with Crippen LogP contribution < -0.4 is 14.9 Å². The van der Waals surface area contributed by atoms with E-state index in [-0.39, 0.29) is 11.7 Å². The summed E-state index contributed by atoms with van der Waals surface area (Å²) in [6.07, 6.45) is 1.55. The number of aromatic nitrogens is 3. The normalized spacial score (nSPS) is 10.9. The number of methoxy groups -OCH3 is 1. The Labute approximate surface area is 208 Å². The predicted octanol–water partition coefficient (Wildman–Crippen LogP) is 4.58. The van der Waals surface area contributed by atoms with E-state index in [9.17, 15) is 4.79 Å². The first-order chi connectivity index (χ1) is 17.2. The molecule has 0 aliphatic carbocycles. The van der Waals surface area contributed by atoms with E-state index >= 15 is 0 Å². The molecule has 9 heteroatoms. The summed E-state index contributed by atoms with van der Waals surface area (Å²) in [5.41, 5.74) is 5.11. The van der Waals surface area contributed by atoms with E-state index in [1.165, 1.54) is 11.8 Å². The summed E-state index contributed by atoms with van der Waals surface area (Å²) in [7, 11) is 1.59. The second-order valence-corrected chi connectivity index (χ2v) is 8.20. The number of nitrogens with one attached hydrogen (secondary N) is 1. The highest BCUT2D eigenvalue weighted by Crippen LogP contribution is 2.28. The van der Waals surface area contributed by atoms with Crippen molar-refractivity contribution in [1.29, 1.82) is 0 Å².